The molecule has 0 heterocycles. The highest BCUT2D eigenvalue weighted by Crippen LogP contribution is 3.02. The van der Waals surface area contributed by atoms with E-state index in [9.17, 15) is 24.2 Å². The summed E-state index contributed by atoms with van der Waals surface area (Å²) >= 11 is 0. The Balaban J connectivity index is 3.07. The number of carbonyl (C=O) groups is 1. The molecule has 0 fully saturated rings. The van der Waals surface area contributed by atoms with Gasteiger partial charge in [0, 0.05) is 12.7 Å². The van der Waals surface area contributed by atoms with Crippen LogP contribution < -0.4 is 10.6 Å². The van der Waals surface area contributed by atoms with Crippen LogP contribution in [0.5, 0.6) is 0 Å². The summed E-state index contributed by atoms with van der Waals surface area (Å²) in [5, 5.41) is 4.69. The monoisotopic (exact) mass is 304 g/mol. The molecule has 1 rings (SSSR count). The molecule has 9 heteroatoms. The van der Waals surface area contributed by atoms with Gasteiger partial charge in [-0.15, -0.1) is 0 Å². The van der Waals surface area contributed by atoms with E-state index in [0.29, 0.717) is 12.1 Å². The molecule has 0 spiro atoms. The highest BCUT2D eigenvalue weighted by atomic mass is 32.5. The first-order valence-corrected chi connectivity index (χ1v) is 7.11. The molecule has 19 heavy (non-hydrogen) atoms. The van der Waals surface area contributed by atoms with Crippen LogP contribution in [0.3, 0.4) is 0 Å². The Morgan fingerprint density at radius 1 is 1.21 bits per heavy atom. The molecule has 1 atom stereocenters. The van der Waals surface area contributed by atoms with Crippen molar-refractivity contribution in [2.24, 2.45) is 0 Å². The highest BCUT2D eigenvalue weighted by molar-refractivity contribution is 8.45. The van der Waals surface area contributed by atoms with Gasteiger partial charge in [-0.2, -0.15) is 0 Å². The van der Waals surface area contributed by atoms with Gasteiger partial charge in [0.2, 0.25) is 5.91 Å². The number of anilines is 1. The Morgan fingerprint density at radius 3 is 2.26 bits per heavy atom. The second-order valence-corrected chi connectivity index (χ2v) is 6.39. The van der Waals surface area contributed by atoms with Gasteiger partial charge in [0.05, 0.1) is 0 Å². The van der Waals surface area contributed by atoms with Crippen LogP contribution in [-0.2, 0) is 4.79 Å². The Hall–Kier alpha value is -1.51. The maximum atomic E-state index is 12.6. The summed E-state index contributed by atoms with van der Waals surface area (Å²) in [6, 6.07) is 1.77. The van der Waals surface area contributed by atoms with Crippen molar-refractivity contribution in [3.8, 4) is 0 Å². The SMILES string of the molecule is CNC(=O)C(C)Nc1cccc(S(F)(F)(F)(F)F)c1. The molecular formula is C10H13F5N2OS. The van der Waals surface area contributed by atoms with Crippen LogP contribution >= 0.6 is 10.2 Å². The fraction of sp³-hybridized carbons (Fsp3) is 0.300. The highest BCUT2D eigenvalue weighted by Gasteiger charge is 2.65. The van der Waals surface area contributed by atoms with E-state index in [2.05, 4.69) is 10.6 Å². The second-order valence-electron chi connectivity index (χ2n) is 3.98. The van der Waals surface area contributed by atoms with Gasteiger partial charge in [-0.05, 0) is 25.1 Å². The third kappa shape index (κ3) is 4.27. The van der Waals surface area contributed by atoms with E-state index in [4.69, 9.17) is 0 Å². The number of halogens is 5. The zero-order valence-electron chi connectivity index (χ0n) is 10.1. The number of carbonyl (C=O) groups excluding carboxylic acids is 1. The molecule has 1 aromatic rings. The van der Waals surface area contributed by atoms with Gasteiger partial charge < -0.3 is 10.6 Å². The Labute approximate surface area is 106 Å². The fourth-order valence-corrected chi connectivity index (χ4v) is 2.04. The van der Waals surface area contributed by atoms with Crippen LogP contribution in [0.4, 0.5) is 25.1 Å². The van der Waals surface area contributed by atoms with E-state index in [1.807, 2.05) is 0 Å². The summed E-state index contributed by atoms with van der Waals surface area (Å²) in [5.74, 6) is -0.474. The zero-order chi connectivity index (χ0) is 15.0. The maximum absolute atomic E-state index is 12.6. The standard InChI is InChI=1S/C10H13F5N2OS/c1-7(10(18)16-2)17-8-4-3-5-9(6-8)19(11,12,13,14)15/h3-7,17H,1-2H3,(H,16,18). The number of hydrogen-bond donors (Lipinski definition) is 2. The van der Waals surface area contributed by atoms with E-state index < -0.39 is 27.1 Å². The van der Waals surface area contributed by atoms with Crippen LogP contribution in [0.25, 0.3) is 0 Å². The van der Waals surface area contributed by atoms with Crippen molar-refractivity contribution < 1.29 is 24.2 Å². The molecule has 1 aromatic carbocycles. The minimum Gasteiger partial charge on any atom is -0.374 e. The predicted molar refractivity (Wildman–Crippen MR) is 65.0 cm³/mol. The van der Waals surface area contributed by atoms with Gasteiger partial charge in [0.15, 0.2) is 0 Å². The van der Waals surface area contributed by atoms with Gasteiger partial charge in [-0.25, -0.2) is 0 Å². The van der Waals surface area contributed by atoms with E-state index >= 15 is 0 Å². The number of hydrogen-bond acceptors (Lipinski definition) is 2. The lowest BCUT2D eigenvalue weighted by molar-refractivity contribution is -0.121. The van der Waals surface area contributed by atoms with E-state index in [1.165, 1.54) is 20.0 Å². The first-order chi connectivity index (χ1) is 8.33. The molecule has 0 aliphatic carbocycles. The van der Waals surface area contributed by atoms with Crippen LogP contribution in [0.1, 0.15) is 6.92 Å². The van der Waals surface area contributed by atoms with Gasteiger partial charge in [0.1, 0.15) is 10.9 Å². The summed E-state index contributed by atoms with van der Waals surface area (Å²) in [6.45, 7) is 1.39. The van der Waals surface area contributed by atoms with E-state index in [0.717, 1.165) is 6.07 Å². The molecule has 110 valence electrons. The third-order valence-electron chi connectivity index (χ3n) is 2.30. The smallest absolute Gasteiger partial charge is 0.310 e. The molecule has 0 saturated heterocycles. The Morgan fingerprint density at radius 2 is 1.79 bits per heavy atom. The molecule has 2 N–H and O–H groups in total. The lowest BCUT2D eigenvalue weighted by Crippen LogP contribution is -2.35. The number of likely N-dealkylation sites (N-methyl/N-ethyl adjacent to an activating group) is 1. The zero-order valence-corrected chi connectivity index (χ0v) is 10.9. The molecule has 0 radical (unpaired) electrons. The normalized spacial score (nSPS) is 17.0. The molecule has 0 saturated carbocycles. The lowest BCUT2D eigenvalue weighted by atomic mass is 10.2. The van der Waals surface area contributed by atoms with Crippen molar-refractivity contribution in [2.75, 3.05) is 12.4 Å². The Kier molecular flexibility index (Phi) is 3.26. The van der Waals surface area contributed by atoms with Crippen LogP contribution in [0.15, 0.2) is 29.2 Å². The molecule has 0 bridgehead atoms. The number of rotatable bonds is 4. The van der Waals surface area contributed by atoms with Gasteiger partial charge >= 0.3 is 10.2 Å². The van der Waals surface area contributed by atoms with E-state index in [1.54, 1.807) is 0 Å². The summed E-state index contributed by atoms with van der Waals surface area (Å²) in [4.78, 5) is 9.20. The largest absolute Gasteiger partial charge is 0.374 e. The number of benzene rings is 1. The predicted octanol–water partition coefficient (Wildman–Crippen LogP) is 3.89. The summed E-state index contributed by atoms with van der Waals surface area (Å²) < 4.78 is 62.9. The average molecular weight is 304 g/mol. The van der Waals surface area contributed by atoms with Crippen molar-refractivity contribution in [3.63, 3.8) is 0 Å². The molecule has 0 aromatic heterocycles. The molecule has 3 nitrogen and oxygen atoms in total. The fourth-order valence-electron chi connectivity index (χ4n) is 1.36. The lowest BCUT2D eigenvalue weighted by Gasteiger charge is -2.40. The molecular weight excluding hydrogens is 291 g/mol. The first-order valence-electron chi connectivity index (χ1n) is 5.16. The van der Waals surface area contributed by atoms with Crippen LogP contribution in [0.2, 0.25) is 0 Å². The van der Waals surface area contributed by atoms with Crippen molar-refractivity contribution in [1.82, 2.24) is 5.32 Å². The van der Waals surface area contributed by atoms with Crippen LogP contribution in [-0.4, -0.2) is 19.0 Å². The molecule has 0 aliphatic heterocycles. The van der Waals surface area contributed by atoms with Gasteiger partial charge in [-0.3, -0.25) is 4.79 Å². The molecule has 1 amide bonds. The van der Waals surface area contributed by atoms with Crippen LogP contribution in [0, 0.1) is 0 Å². The summed E-state index contributed by atoms with van der Waals surface area (Å²) in [6.07, 6.45) is 0. The maximum Gasteiger partial charge on any atom is 0.310 e. The molecule has 0 aliphatic rings. The summed E-state index contributed by atoms with van der Waals surface area (Å²) in [7, 11) is -8.35. The van der Waals surface area contributed by atoms with Crippen molar-refractivity contribution >= 4 is 21.8 Å². The van der Waals surface area contributed by atoms with Gasteiger partial charge in [0.25, 0.3) is 0 Å². The van der Waals surface area contributed by atoms with E-state index in [-0.39, 0.29) is 5.69 Å². The quantitative estimate of drug-likeness (QED) is 0.829. The average Bonchev–Trinajstić information content (AvgIpc) is 2.25. The van der Waals surface area contributed by atoms with Crippen molar-refractivity contribution in [3.05, 3.63) is 24.3 Å². The van der Waals surface area contributed by atoms with Crippen molar-refractivity contribution in [2.45, 2.75) is 17.9 Å². The van der Waals surface area contributed by atoms with Gasteiger partial charge in [-0.1, -0.05) is 25.5 Å². The number of amides is 1. The Bertz CT molecular complexity index is 502. The van der Waals surface area contributed by atoms with Crippen molar-refractivity contribution in [1.29, 1.82) is 0 Å². The second kappa shape index (κ2) is 3.99. The summed E-state index contributed by atoms with van der Waals surface area (Å²) in [5.41, 5.74) is -0.207. The minimum atomic E-state index is -9.70. The minimum absolute atomic E-state index is 0.207. The molecule has 1 unspecified atom stereocenters. The topological polar surface area (TPSA) is 41.1 Å². The first kappa shape index (κ1) is 15.5. The number of nitrogens with one attached hydrogen (secondary N) is 2. The third-order valence-corrected chi connectivity index (χ3v) is 3.45.